The summed E-state index contributed by atoms with van der Waals surface area (Å²) in [5.74, 6) is -0.540. The van der Waals surface area contributed by atoms with E-state index in [9.17, 15) is 17.6 Å². The van der Waals surface area contributed by atoms with Gasteiger partial charge in [-0.2, -0.15) is 0 Å². The zero-order valence-corrected chi connectivity index (χ0v) is 12.3. The molecule has 0 spiro atoms. The Labute approximate surface area is 125 Å². The maximum absolute atomic E-state index is 13.2. The van der Waals surface area contributed by atoms with Gasteiger partial charge in [-0.25, -0.2) is 17.6 Å². The molecule has 0 unspecified atom stereocenters. The molecule has 3 rings (SSSR count). The molecule has 1 aromatic heterocycles. The van der Waals surface area contributed by atoms with Crippen LogP contribution in [0.1, 0.15) is 5.56 Å². The molecule has 8 heteroatoms. The molecule has 3 aromatic rings. The van der Waals surface area contributed by atoms with Gasteiger partial charge < -0.3 is 9.97 Å². The van der Waals surface area contributed by atoms with Crippen LogP contribution in [0.25, 0.3) is 11.0 Å². The van der Waals surface area contributed by atoms with Crippen molar-refractivity contribution in [2.75, 3.05) is 4.72 Å². The fourth-order valence-electron chi connectivity index (χ4n) is 2.22. The van der Waals surface area contributed by atoms with Crippen molar-refractivity contribution in [3.8, 4) is 0 Å². The summed E-state index contributed by atoms with van der Waals surface area (Å²) in [6.45, 7) is 1.62. The number of rotatable bonds is 3. The monoisotopic (exact) mass is 321 g/mol. The van der Waals surface area contributed by atoms with Gasteiger partial charge in [-0.05, 0) is 42.8 Å². The molecule has 1 heterocycles. The third-order valence-electron chi connectivity index (χ3n) is 3.18. The first-order chi connectivity index (χ1) is 10.3. The van der Waals surface area contributed by atoms with Gasteiger partial charge in [-0.1, -0.05) is 6.07 Å². The number of hydrogen-bond acceptors (Lipinski definition) is 3. The fraction of sp³-hybridized carbons (Fsp3) is 0.0714. The third-order valence-corrected chi connectivity index (χ3v) is 4.70. The van der Waals surface area contributed by atoms with E-state index < -0.39 is 21.5 Å². The van der Waals surface area contributed by atoms with E-state index in [1.165, 1.54) is 24.3 Å². The van der Waals surface area contributed by atoms with Gasteiger partial charge >= 0.3 is 5.69 Å². The smallest absolute Gasteiger partial charge is 0.306 e. The molecule has 0 amide bonds. The zero-order chi connectivity index (χ0) is 15.9. The van der Waals surface area contributed by atoms with E-state index in [-0.39, 0.29) is 10.6 Å². The highest BCUT2D eigenvalue weighted by Gasteiger charge is 2.18. The number of nitrogens with one attached hydrogen (secondary N) is 3. The van der Waals surface area contributed by atoms with Crippen LogP contribution in [0.15, 0.2) is 46.1 Å². The number of aromatic nitrogens is 2. The van der Waals surface area contributed by atoms with Crippen LogP contribution in [-0.2, 0) is 10.0 Å². The summed E-state index contributed by atoms with van der Waals surface area (Å²) < 4.78 is 40.4. The van der Waals surface area contributed by atoms with Gasteiger partial charge in [0.2, 0.25) is 0 Å². The van der Waals surface area contributed by atoms with E-state index in [0.717, 1.165) is 6.07 Å². The average Bonchev–Trinajstić information content (AvgIpc) is 2.76. The molecule has 0 aliphatic heterocycles. The summed E-state index contributed by atoms with van der Waals surface area (Å²) in [5, 5.41) is 0. The summed E-state index contributed by atoms with van der Waals surface area (Å²) in [7, 11) is -3.90. The van der Waals surface area contributed by atoms with Crippen molar-refractivity contribution >= 4 is 26.7 Å². The average molecular weight is 321 g/mol. The Morgan fingerprint density at radius 3 is 2.45 bits per heavy atom. The van der Waals surface area contributed by atoms with Crippen LogP contribution < -0.4 is 10.4 Å². The third kappa shape index (κ3) is 2.60. The van der Waals surface area contributed by atoms with Crippen molar-refractivity contribution in [2.45, 2.75) is 11.8 Å². The largest absolute Gasteiger partial charge is 0.323 e. The Kier molecular flexibility index (Phi) is 3.25. The van der Waals surface area contributed by atoms with E-state index >= 15 is 0 Å². The summed E-state index contributed by atoms with van der Waals surface area (Å²) in [6.07, 6.45) is 0. The van der Waals surface area contributed by atoms with Crippen molar-refractivity contribution in [1.29, 1.82) is 0 Å². The molecule has 2 aromatic carbocycles. The molecule has 22 heavy (non-hydrogen) atoms. The van der Waals surface area contributed by atoms with Crippen LogP contribution in [0, 0.1) is 12.7 Å². The lowest BCUT2D eigenvalue weighted by Crippen LogP contribution is -2.14. The quantitative estimate of drug-likeness (QED) is 0.689. The molecule has 0 bridgehead atoms. The second kappa shape index (κ2) is 4.99. The molecule has 0 radical (unpaired) electrons. The van der Waals surface area contributed by atoms with Crippen molar-refractivity contribution < 1.29 is 12.8 Å². The van der Waals surface area contributed by atoms with Gasteiger partial charge in [0.05, 0.1) is 21.6 Å². The predicted molar refractivity (Wildman–Crippen MR) is 80.9 cm³/mol. The van der Waals surface area contributed by atoms with Crippen LogP contribution in [-0.4, -0.2) is 18.4 Å². The number of sulfonamides is 1. The summed E-state index contributed by atoms with van der Waals surface area (Å²) in [6, 6.07) is 8.10. The summed E-state index contributed by atoms with van der Waals surface area (Å²) in [4.78, 5) is 16.4. The van der Waals surface area contributed by atoms with Crippen molar-refractivity contribution in [3.63, 3.8) is 0 Å². The first kappa shape index (κ1) is 14.3. The van der Waals surface area contributed by atoms with Crippen LogP contribution in [0.4, 0.5) is 10.1 Å². The zero-order valence-electron chi connectivity index (χ0n) is 11.5. The van der Waals surface area contributed by atoms with Gasteiger partial charge in [0.25, 0.3) is 10.0 Å². The van der Waals surface area contributed by atoms with Gasteiger partial charge in [0.15, 0.2) is 0 Å². The van der Waals surface area contributed by atoms with Crippen LogP contribution >= 0.6 is 0 Å². The minimum Gasteiger partial charge on any atom is -0.306 e. The van der Waals surface area contributed by atoms with Crippen molar-refractivity contribution in [1.82, 2.24) is 9.97 Å². The Morgan fingerprint density at radius 2 is 1.77 bits per heavy atom. The highest BCUT2D eigenvalue weighted by atomic mass is 32.2. The molecular weight excluding hydrogens is 309 g/mol. The molecule has 0 aliphatic rings. The number of hydrogen-bond donors (Lipinski definition) is 3. The Balaban J connectivity index is 2.08. The van der Waals surface area contributed by atoms with Crippen molar-refractivity contribution in [2.24, 2.45) is 0 Å². The summed E-state index contributed by atoms with van der Waals surface area (Å²) in [5.41, 5.74) is 1.08. The highest BCUT2D eigenvalue weighted by molar-refractivity contribution is 7.92. The summed E-state index contributed by atoms with van der Waals surface area (Å²) >= 11 is 0. The topological polar surface area (TPSA) is 94.8 Å². The lowest BCUT2D eigenvalue weighted by atomic mass is 10.2. The van der Waals surface area contributed by atoms with Crippen LogP contribution in [0.2, 0.25) is 0 Å². The van der Waals surface area contributed by atoms with Crippen LogP contribution in [0.3, 0.4) is 0 Å². The molecule has 114 valence electrons. The van der Waals surface area contributed by atoms with E-state index in [0.29, 0.717) is 16.6 Å². The number of fused-ring (bicyclic) bond motifs is 1. The molecule has 0 aliphatic carbocycles. The van der Waals surface area contributed by atoms with E-state index in [1.54, 1.807) is 13.0 Å². The van der Waals surface area contributed by atoms with E-state index in [1.807, 2.05) is 0 Å². The first-order valence-electron chi connectivity index (χ1n) is 6.36. The van der Waals surface area contributed by atoms with Gasteiger partial charge in [0.1, 0.15) is 5.82 Å². The van der Waals surface area contributed by atoms with Gasteiger partial charge in [-0.15, -0.1) is 0 Å². The van der Waals surface area contributed by atoms with E-state index in [4.69, 9.17) is 0 Å². The molecule has 0 atom stereocenters. The minimum absolute atomic E-state index is 0.0134. The Hall–Kier alpha value is -2.61. The Morgan fingerprint density at radius 1 is 1.09 bits per heavy atom. The SMILES string of the molecule is Cc1cc2[nH]c(=O)[nH]c2cc1S(=O)(=O)Nc1cccc(F)c1. The highest BCUT2D eigenvalue weighted by Crippen LogP contribution is 2.23. The number of aromatic amines is 2. The second-order valence-electron chi connectivity index (χ2n) is 4.86. The maximum atomic E-state index is 13.2. The molecule has 3 N–H and O–H groups in total. The fourth-order valence-corrected chi connectivity index (χ4v) is 3.53. The lowest BCUT2D eigenvalue weighted by Gasteiger charge is -2.10. The van der Waals surface area contributed by atoms with Crippen LogP contribution in [0.5, 0.6) is 0 Å². The molecule has 0 saturated heterocycles. The number of benzene rings is 2. The second-order valence-corrected chi connectivity index (χ2v) is 6.51. The predicted octanol–water partition coefficient (Wildman–Crippen LogP) is 2.10. The van der Waals surface area contributed by atoms with Gasteiger partial charge in [-0.3, -0.25) is 4.72 Å². The van der Waals surface area contributed by atoms with Gasteiger partial charge in [0, 0.05) is 0 Å². The molecule has 0 saturated carbocycles. The lowest BCUT2D eigenvalue weighted by molar-refractivity contribution is 0.600. The standard InChI is InChI=1S/C14H12FN3O3S/c1-8-5-11-12(17-14(19)16-11)7-13(8)22(20,21)18-10-4-2-3-9(15)6-10/h2-7,18H,1H3,(H2,16,17,19). The first-order valence-corrected chi connectivity index (χ1v) is 7.84. The number of halogens is 1. The molecular formula is C14H12FN3O3S. The van der Waals surface area contributed by atoms with Crippen molar-refractivity contribution in [3.05, 3.63) is 58.3 Å². The number of H-pyrrole nitrogens is 2. The maximum Gasteiger partial charge on any atom is 0.323 e. The number of imidazole rings is 1. The Bertz CT molecular complexity index is 1020. The number of anilines is 1. The molecule has 6 nitrogen and oxygen atoms in total. The molecule has 0 fully saturated rings. The number of aryl methyl sites for hydroxylation is 1. The normalized spacial score (nSPS) is 11.7. The minimum atomic E-state index is -3.90. The van der Waals surface area contributed by atoms with E-state index in [2.05, 4.69) is 14.7 Å².